The van der Waals surface area contributed by atoms with Crippen LogP contribution in [-0.2, 0) is 0 Å². The fraction of sp³-hybridized carbons (Fsp3) is 0.765. The van der Waals surface area contributed by atoms with Gasteiger partial charge in [0.25, 0.3) is 0 Å². The predicted molar refractivity (Wildman–Crippen MR) is 83.9 cm³/mol. The molecule has 114 valence electrons. The van der Waals surface area contributed by atoms with Crippen molar-refractivity contribution < 1.29 is 4.42 Å². The zero-order chi connectivity index (χ0) is 14.2. The molecule has 0 amide bonds. The molecule has 0 saturated carbocycles. The van der Waals surface area contributed by atoms with E-state index in [1.807, 2.05) is 6.07 Å². The van der Waals surface area contributed by atoms with Gasteiger partial charge in [0.2, 0.25) is 0 Å². The van der Waals surface area contributed by atoms with Crippen LogP contribution in [0.15, 0.2) is 22.8 Å². The summed E-state index contributed by atoms with van der Waals surface area (Å²) in [5.74, 6) is 1.12. The lowest BCUT2D eigenvalue weighted by atomic mass is 10.1. The van der Waals surface area contributed by atoms with Crippen molar-refractivity contribution in [2.75, 3.05) is 19.6 Å². The van der Waals surface area contributed by atoms with E-state index in [9.17, 15) is 0 Å². The number of hydrogen-bond acceptors (Lipinski definition) is 3. The Morgan fingerprint density at radius 2 is 2.10 bits per heavy atom. The highest BCUT2D eigenvalue weighted by atomic mass is 16.3. The quantitative estimate of drug-likeness (QED) is 0.741. The molecule has 0 aromatic carbocycles. The lowest BCUT2D eigenvalue weighted by Crippen LogP contribution is -2.38. The Bertz CT molecular complexity index is 344. The summed E-state index contributed by atoms with van der Waals surface area (Å²) < 4.78 is 5.67. The number of hydrogen-bond donors (Lipinski definition) is 1. The standard InChI is InChI=1S/C17H30N2O/c1-3-5-9-15(4-2)18-14-16(17-10-8-13-20-17)19-11-6-7-12-19/h8,10,13,15-16,18H,3-7,9,11-12,14H2,1-2H3. The lowest BCUT2D eigenvalue weighted by Gasteiger charge is -2.28. The van der Waals surface area contributed by atoms with Crippen molar-refractivity contribution in [3.8, 4) is 0 Å². The van der Waals surface area contributed by atoms with Gasteiger partial charge in [-0.3, -0.25) is 4.90 Å². The van der Waals surface area contributed by atoms with E-state index >= 15 is 0 Å². The van der Waals surface area contributed by atoms with Crippen LogP contribution in [0.2, 0.25) is 0 Å². The van der Waals surface area contributed by atoms with Crippen LogP contribution in [-0.4, -0.2) is 30.6 Å². The second-order valence-corrected chi connectivity index (χ2v) is 5.93. The first-order valence-corrected chi connectivity index (χ1v) is 8.36. The Kier molecular flexibility index (Phi) is 6.61. The Morgan fingerprint density at radius 3 is 2.70 bits per heavy atom. The van der Waals surface area contributed by atoms with E-state index in [0.29, 0.717) is 12.1 Å². The predicted octanol–water partition coefficient (Wildman–Crippen LogP) is 3.97. The number of rotatable bonds is 9. The molecular weight excluding hydrogens is 248 g/mol. The van der Waals surface area contributed by atoms with E-state index in [2.05, 4.69) is 30.1 Å². The lowest BCUT2D eigenvalue weighted by molar-refractivity contribution is 0.202. The first kappa shape index (κ1) is 15.6. The molecule has 1 aliphatic rings. The fourth-order valence-electron chi connectivity index (χ4n) is 3.12. The first-order chi connectivity index (χ1) is 9.85. The van der Waals surface area contributed by atoms with Crippen LogP contribution in [0.1, 0.15) is 64.2 Å². The largest absolute Gasteiger partial charge is 0.468 e. The maximum absolute atomic E-state index is 5.67. The van der Waals surface area contributed by atoms with Gasteiger partial charge in [-0.1, -0.05) is 26.7 Å². The van der Waals surface area contributed by atoms with Crippen LogP contribution < -0.4 is 5.32 Å². The number of nitrogens with one attached hydrogen (secondary N) is 1. The molecule has 2 unspecified atom stereocenters. The highest BCUT2D eigenvalue weighted by Crippen LogP contribution is 2.25. The van der Waals surface area contributed by atoms with Gasteiger partial charge in [-0.05, 0) is 50.9 Å². The molecule has 3 heteroatoms. The zero-order valence-corrected chi connectivity index (χ0v) is 13.1. The van der Waals surface area contributed by atoms with E-state index in [1.54, 1.807) is 6.26 Å². The highest BCUT2D eigenvalue weighted by Gasteiger charge is 2.25. The second-order valence-electron chi connectivity index (χ2n) is 5.93. The van der Waals surface area contributed by atoms with Crippen molar-refractivity contribution in [1.29, 1.82) is 0 Å². The summed E-state index contributed by atoms with van der Waals surface area (Å²) in [5.41, 5.74) is 0. The van der Waals surface area contributed by atoms with E-state index < -0.39 is 0 Å². The fourth-order valence-corrected chi connectivity index (χ4v) is 3.12. The molecule has 1 aliphatic heterocycles. The van der Waals surface area contributed by atoms with Crippen molar-refractivity contribution in [1.82, 2.24) is 10.2 Å². The number of likely N-dealkylation sites (tertiary alicyclic amines) is 1. The summed E-state index contributed by atoms with van der Waals surface area (Å²) in [4.78, 5) is 2.57. The third kappa shape index (κ3) is 4.35. The van der Waals surface area contributed by atoms with Crippen molar-refractivity contribution in [3.63, 3.8) is 0 Å². The van der Waals surface area contributed by atoms with Crippen LogP contribution in [0.3, 0.4) is 0 Å². The highest BCUT2D eigenvalue weighted by molar-refractivity contribution is 5.06. The Morgan fingerprint density at radius 1 is 1.30 bits per heavy atom. The summed E-state index contributed by atoms with van der Waals surface area (Å²) in [5, 5.41) is 3.77. The molecule has 1 aromatic rings. The van der Waals surface area contributed by atoms with E-state index in [4.69, 9.17) is 4.42 Å². The SMILES string of the molecule is CCCCC(CC)NCC(c1ccco1)N1CCCC1. The van der Waals surface area contributed by atoms with E-state index in [-0.39, 0.29) is 0 Å². The summed E-state index contributed by atoms with van der Waals surface area (Å²) in [6.45, 7) is 7.97. The third-order valence-corrected chi connectivity index (χ3v) is 4.45. The molecule has 0 spiro atoms. The van der Waals surface area contributed by atoms with Crippen molar-refractivity contribution in [2.24, 2.45) is 0 Å². The second kappa shape index (κ2) is 8.48. The molecule has 0 radical (unpaired) electrons. The van der Waals surface area contributed by atoms with E-state index in [1.165, 1.54) is 51.6 Å². The Labute approximate surface area is 123 Å². The molecule has 20 heavy (non-hydrogen) atoms. The van der Waals surface area contributed by atoms with Crippen LogP contribution in [0, 0.1) is 0 Å². The van der Waals surface area contributed by atoms with Gasteiger partial charge in [-0.15, -0.1) is 0 Å². The van der Waals surface area contributed by atoms with Gasteiger partial charge in [0, 0.05) is 12.6 Å². The van der Waals surface area contributed by atoms with Gasteiger partial charge in [0.1, 0.15) is 5.76 Å². The monoisotopic (exact) mass is 278 g/mol. The van der Waals surface area contributed by atoms with Gasteiger partial charge in [-0.25, -0.2) is 0 Å². The molecule has 3 nitrogen and oxygen atoms in total. The molecule has 0 bridgehead atoms. The minimum Gasteiger partial charge on any atom is -0.468 e. The molecule has 2 heterocycles. The molecule has 1 N–H and O–H groups in total. The average Bonchev–Trinajstić information content (AvgIpc) is 3.16. The van der Waals surface area contributed by atoms with Gasteiger partial charge >= 0.3 is 0 Å². The van der Waals surface area contributed by atoms with Crippen molar-refractivity contribution >= 4 is 0 Å². The van der Waals surface area contributed by atoms with Crippen molar-refractivity contribution in [3.05, 3.63) is 24.2 Å². The normalized spacial score (nSPS) is 19.3. The van der Waals surface area contributed by atoms with Gasteiger partial charge in [0.15, 0.2) is 0 Å². The summed E-state index contributed by atoms with van der Waals surface area (Å²) >= 11 is 0. The molecule has 2 rings (SSSR count). The Hall–Kier alpha value is -0.800. The number of furan rings is 1. The number of nitrogens with zero attached hydrogens (tertiary/aromatic N) is 1. The minimum atomic E-state index is 0.406. The van der Waals surface area contributed by atoms with Crippen LogP contribution >= 0.6 is 0 Å². The summed E-state index contributed by atoms with van der Waals surface area (Å²) in [7, 11) is 0. The van der Waals surface area contributed by atoms with Gasteiger partial charge in [0.05, 0.1) is 12.3 Å². The van der Waals surface area contributed by atoms with Crippen molar-refractivity contribution in [2.45, 2.75) is 64.5 Å². The molecule has 0 aliphatic carbocycles. The van der Waals surface area contributed by atoms with Crippen LogP contribution in [0.25, 0.3) is 0 Å². The molecule has 2 atom stereocenters. The smallest absolute Gasteiger partial charge is 0.122 e. The van der Waals surface area contributed by atoms with Gasteiger partial charge < -0.3 is 9.73 Å². The van der Waals surface area contributed by atoms with E-state index in [0.717, 1.165) is 12.3 Å². The first-order valence-electron chi connectivity index (χ1n) is 8.36. The third-order valence-electron chi connectivity index (χ3n) is 4.45. The topological polar surface area (TPSA) is 28.4 Å². The molecular formula is C17H30N2O. The average molecular weight is 278 g/mol. The maximum atomic E-state index is 5.67. The molecule has 1 aromatic heterocycles. The zero-order valence-electron chi connectivity index (χ0n) is 13.1. The number of unbranched alkanes of at least 4 members (excludes halogenated alkanes) is 1. The van der Waals surface area contributed by atoms with Gasteiger partial charge in [-0.2, -0.15) is 0 Å². The van der Waals surface area contributed by atoms with Crippen LogP contribution in [0.4, 0.5) is 0 Å². The Balaban J connectivity index is 1.90. The molecule has 1 fully saturated rings. The molecule has 1 saturated heterocycles. The minimum absolute atomic E-state index is 0.406. The summed E-state index contributed by atoms with van der Waals surface area (Å²) in [6.07, 6.45) is 9.55. The maximum Gasteiger partial charge on any atom is 0.122 e. The summed E-state index contributed by atoms with van der Waals surface area (Å²) in [6, 6.07) is 5.18. The van der Waals surface area contributed by atoms with Crippen LogP contribution in [0.5, 0.6) is 0 Å².